The molecule has 2 rings (SSSR count). The van der Waals surface area contributed by atoms with Gasteiger partial charge < -0.3 is 4.90 Å². The first-order valence-corrected chi connectivity index (χ1v) is 10.00. The Bertz CT molecular complexity index is 790. The van der Waals surface area contributed by atoms with Crippen molar-refractivity contribution in [1.29, 1.82) is 0 Å². The molecule has 5 nitrogen and oxygen atoms in total. The molecule has 0 heterocycles. The van der Waals surface area contributed by atoms with E-state index in [0.29, 0.717) is 12.2 Å². The molecule has 0 bridgehead atoms. The van der Waals surface area contributed by atoms with Crippen LogP contribution >= 0.6 is 0 Å². The number of hydrogen-bond donors (Lipinski definition) is 0. The molecule has 1 amide bonds. The molecule has 0 spiro atoms. The van der Waals surface area contributed by atoms with E-state index < -0.39 is 10.0 Å². The zero-order valence-corrected chi connectivity index (χ0v) is 15.6. The molecule has 0 N–H and O–H groups in total. The van der Waals surface area contributed by atoms with E-state index in [0.717, 1.165) is 16.1 Å². The highest BCUT2D eigenvalue weighted by Crippen LogP contribution is 2.18. The maximum absolute atomic E-state index is 12.8. The van der Waals surface area contributed by atoms with Gasteiger partial charge in [0.1, 0.15) is 6.54 Å². The lowest BCUT2D eigenvalue weighted by Gasteiger charge is -2.30. The molecule has 0 saturated heterocycles. The van der Waals surface area contributed by atoms with E-state index in [9.17, 15) is 13.2 Å². The van der Waals surface area contributed by atoms with Crippen LogP contribution in [0.2, 0.25) is 0 Å². The summed E-state index contributed by atoms with van der Waals surface area (Å²) in [5, 5.41) is 0. The van der Waals surface area contributed by atoms with Gasteiger partial charge in [-0.3, -0.25) is 9.10 Å². The molecule has 2 aromatic rings. The number of carbonyl (C=O) groups excluding carboxylic acids is 1. The third kappa shape index (κ3) is 5.32. The quantitative estimate of drug-likeness (QED) is 0.763. The number of amides is 1. The summed E-state index contributed by atoms with van der Waals surface area (Å²) in [7, 11) is -3.56. The summed E-state index contributed by atoms with van der Waals surface area (Å²) in [6, 6.07) is 18.3. The van der Waals surface area contributed by atoms with Crippen LogP contribution in [-0.4, -0.2) is 38.1 Å². The van der Waals surface area contributed by atoms with Crippen molar-refractivity contribution in [2.24, 2.45) is 0 Å². The Balaban J connectivity index is 2.23. The Morgan fingerprint density at radius 1 is 0.960 bits per heavy atom. The number of anilines is 1. The molecule has 0 fully saturated rings. The number of sulfonamides is 1. The largest absolute Gasteiger partial charge is 0.334 e. The third-order valence-electron chi connectivity index (χ3n) is 3.86. The van der Waals surface area contributed by atoms with Gasteiger partial charge in [-0.25, -0.2) is 8.42 Å². The highest BCUT2D eigenvalue weighted by atomic mass is 32.2. The lowest BCUT2D eigenvalue weighted by molar-refractivity contribution is -0.131. The number of nitrogens with zero attached hydrogens (tertiary/aromatic N) is 2. The van der Waals surface area contributed by atoms with Crippen LogP contribution in [0.5, 0.6) is 0 Å². The van der Waals surface area contributed by atoms with E-state index in [4.69, 9.17) is 0 Å². The lowest BCUT2D eigenvalue weighted by atomic mass is 10.2. The van der Waals surface area contributed by atoms with Crippen molar-refractivity contribution in [3.05, 3.63) is 66.2 Å². The molecule has 0 atom stereocenters. The summed E-state index contributed by atoms with van der Waals surface area (Å²) in [5.41, 5.74) is 1.50. The average molecular weight is 360 g/mol. The van der Waals surface area contributed by atoms with Crippen molar-refractivity contribution in [3.63, 3.8) is 0 Å². The van der Waals surface area contributed by atoms with Crippen molar-refractivity contribution in [2.45, 2.75) is 26.4 Å². The van der Waals surface area contributed by atoms with Crippen LogP contribution in [0.1, 0.15) is 19.4 Å². The topological polar surface area (TPSA) is 57.7 Å². The minimum absolute atomic E-state index is 0.0371. The normalized spacial score (nSPS) is 11.4. The maximum atomic E-state index is 12.8. The monoisotopic (exact) mass is 360 g/mol. The second-order valence-electron chi connectivity index (χ2n) is 6.21. The van der Waals surface area contributed by atoms with Crippen LogP contribution in [0.3, 0.4) is 0 Å². The first-order chi connectivity index (χ1) is 11.8. The fraction of sp³-hybridized carbons (Fsp3) is 0.316. The van der Waals surface area contributed by atoms with E-state index in [1.54, 1.807) is 29.2 Å². The van der Waals surface area contributed by atoms with E-state index in [-0.39, 0.29) is 18.5 Å². The molecule has 0 unspecified atom stereocenters. The molecular weight excluding hydrogens is 336 g/mol. The third-order valence-corrected chi connectivity index (χ3v) is 5.00. The van der Waals surface area contributed by atoms with Crippen molar-refractivity contribution in [3.8, 4) is 0 Å². The van der Waals surface area contributed by atoms with E-state index in [1.807, 2.05) is 50.2 Å². The number of benzene rings is 2. The van der Waals surface area contributed by atoms with E-state index >= 15 is 0 Å². The Morgan fingerprint density at radius 3 is 1.96 bits per heavy atom. The predicted octanol–water partition coefficient (Wildman–Crippen LogP) is 2.89. The molecule has 25 heavy (non-hydrogen) atoms. The van der Waals surface area contributed by atoms with Gasteiger partial charge in [-0.15, -0.1) is 0 Å². The van der Waals surface area contributed by atoms with Gasteiger partial charge in [0, 0.05) is 12.6 Å². The van der Waals surface area contributed by atoms with Crippen LogP contribution in [0.25, 0.3) is 0 Å². The average Bonchev–Trinajstić information content (AvgIpc) is 2.57. The van der Waals surface area contributed by atoms with Gasteiger partial charge >= 0.3 is 0 Å². The summed E-state index contributed by atoms with van der Waals surface area (Å²) in [4.78, 5) is 14.5. The minimum atomic E-state index is -3.56. The SMILES string of the molecule is CC(C)N(Cc1ccccc1)C(=O)CN(c1ccccc1)S(C)(=O)=O. The van der Waals surface area contributed by atoms with Gasteiger partial charge in [-0.2, -0.15) is 0 Å². The fourth-order valence-electron chi connectivity index (χ4n) is 2.55. The van der Waals surface area contributed by atoms with Gasteiger partial charge in [0.15, 0.2) is 0 Å². The molecule has 0 saturated carbocycles. The van der Waals surface area contributed by atoms with Gasteiger partial charge in [0.05, 0.1) is 11.9 Å². The molecule has 6 heteroatoms. The highest BCUT2D eigenvalue weighted by Gasteiger charge is 2.25. The molecular formula is C19H24N2O3S. The maximum Gasteiger partial charge on any atom is 0.243 e. The molecule has 0 aromatic heterocycles. The van der Waals surface area contributed by atoms with Gasteiger partial charge in [0.25, 0.3) is 0 Å². The zero-order chi connectivity index (χ0) is 18.4. The molecule has 134 valence electrons. The number of carbonyl (C=O) groups is 1. The lowest BCUT2D eigenvalue weighted by Crippen LogP contribution is -2.45. The van der Waals surface area contributed by atoms with Gasteiger partial charge in [-0.05, 0) is 31.5 Å². The standard InChI is InChI=1S/C19H24N2O3S/c1-16(2)20(14-17-10-6-4-7-11-17)19(22)15-21(25(3,23)24)18-12-8-5-9-13-18/h4-13,16H,14-15H2,1-3H3. The summed E-state index contributed by atoms with van der Waals surface area (Å²) in [6.45, 7) is 4.08. The fourth-order valence-corrected chi connectivity index (χ4v) is 3.40. The molecule has 0 radical (unpaired) electrons. The van der Waals surface area contributed by atoms with Crippen molar-refractivity contribution >= 4 is 21.6 Å². The number of para-hydroxylation sites is 1. The summed E-state index contributed by atoms with van der Waals surface area (Å²) >= 11 is 0. The Morgan fingerprint density at radius 2 is 1.48 bits per heavy atom. The summed E-state index contributed by atoms with van der Waals surface area (Å²) < 4.78 is 25.5. The number of rotatable bonds is 7. The molecule has 0 aliphatic heterocycles. The van der Waals surface area contributed by atoms with Crippen LogP contribution < -0.4 is 4.31 Å². The van der Waals surface area contributed by atoms with Gasteiger partial charge in [-0.1, -0.05) is 48.5 Å². The second kappa shape index (κ2) is 8.16. The smallest absolute Gasteiger partial charge is 0.243 e. The van der Waals surface area contributed by atoms with Crippen LogP contribution in [0, 0.1) is 0 Å². The first-order valence-electron chi connectivity index (χ1n) is 8.15. The summed E-state index contributed by atoms with van der Waals surface area (Å²) in [5.74, 6) is -0.229. The van der Waals surface area contributed by atoms with E-state index in [2.05, 4.69) is 0 Å². The Labute approximate surface area is 149 Å². The second-order valence-corrected chi connectivity index (χ2v) is 8.11. The first kappa shape index (κ1) is 19.0. The Hall–Kier alpha value is -2.34. The minimum Gasteiger partial charge on any atom is -0.334 e. The molecule has 0 aliphatic carbocycles. The highest BCUT2D eigenvalue weighted by molar-refractivity contribution is 7.92. The van der Waals surface area contributed by atoms with Crippen molar-refractivity contribution in [2.75, 3.05) is 17.1 Å². The van der Waals surface area contributed by atoms with Crippen LogP contribution in [0.4, 0.5) is 5.69 Å². The zero-order valence-electron chi connectivity index (χ0n) is 14.8. The number of hydrogen-bond acceptors (Lipinski definition) is 3. The predicted molar refractivity (Wildman–Crippen MR) is 101 cm³/mol. The van der Waals surface area contributed by atoms with Crippen molar-refractivity contribution in [1.82, 2.24) is 4.90 Å². The molecule has 0 aliphatic rings. The Kier molecular flexibility index (Phi) is 6.20. The molecule has 2 aromatic carbocycles. The van der Waals surface area contributed by atoms with Crippen molar-refractivity contribution < 1.29 is 13.2 Å². The van der Waals surface area contributed by atoms with Gasteiger partial charge in [0.2, 0.25) is 15.9 Å². The van der Waals surface area contributed by atoms with E-state index in [1.165, 1.54) is 0 Å². The van der Waals surface area contributed by atoms with Crippen LogP contribution in [0.15, 0.2) is 60.7 Å². The summed E-state index contributed by atoms with van der Waals surface area (Å²) in [6.07, 6.45) is 1.12. The van der Waals surface area contributed by atoms with Crippen LogP contribution in [-0.2, 0) is 21.4 Å².